The molecule has 0 atom stereocenters. The Kier molecular flexibility index (Phi) is 5.03. The van der Waals surface area contributed by atoms with E-state index in [0.717, 1.165) is 35.5 Å². The third-order valence-electron chi connectivity index (χ3n) is 4.65. The predicted molar refractivity (Wildman–Crippen MR) is 111 cm³/mol. The molecule has 1 saturated carbocycles. The quantitative estimate of drug-likeness (QED) is 0.626. The second kappa shape index (κ2) is 7.78. The standard InChI is InChI=1S/C21H16N6OS/c22-8-15-19(12-5-6-12)16(9-23)21(27-20(15)24)29-11-18(28)26-14-7-13-3-1-2-4-17(13)25-10-14/h1-4,7,10,12H,5-6,11H2,(H2,24,27)(H,26,28). The van der Waals surface area contributed by atoms with Gasteiger partial charge in [0.25, 0.3) is 0 Å². The van der Waals surface area contributed by atoms with E-state index < -0.39 is 0 Å². The molecule has 1 fully saturated rings. The molecule has 1 aliphatic carbocycles. The summed E-state index contributed by atoms with van der Waals surface area (Å²) in [5, 5.41) is 23.1. The van der Waals surface area contributed by atoms with Crippen molar-refractivity contribution in [2.75, 3.05) is 16.8 Å². The molecular weight excluding hydrogens is 384 g/mol. The molecule has 0 aliphatic heterocycles. The minimum Gasteiger partial charge on any atom is -0.383 e. The van der Waals surface area contributed by atoms with Crippen LogP contribution in [0.3, 0.4) is 0 Å². The Bertz CT molecular complexity index is 1210. The van der Waals surface area contributed by atoms with Crippen molar-refractivity contribution < 1.29 is 4.79 Å². The van der Waals surface area contributed by atoms with E-state index in [4.69, 9.17) is 5.73 Å². The number of para-hydroxylation sites is 1. The van der Waals surface area contributed by atoms with E-state index in [2.05, 4.69) is 27.4 Å². The van der Waals surface area contributed by atoms with Crippen molar-refractivity contribution in [1.29, 1.82) is 10.5 Å². The van der Waals surface area contributed by atoms with Gasteiger partial charge in [-0.2, -0.15) is 10.5 Å². The summed E-state index contributed by atoms with van der Waals surface area (Å²) >= 11 is 1.14. The number of fused-ring (bicyclic) bond motifs is 1. The molecule has 2 heterocycles. The number of carbonyl (C=O) groups is 1. The maximum absolute atomic E-state index is 12.4. The Labute approximate surface area is 171 Å². The van der Waals surface area contributed by atoms with Gasteiger partial charge in [-0.3, -0.25) is 9.78 Å². The van der Waals surface area contributed by atoms with Gasteiger partial charge in [0.1, 0.15) is 23.0 Å². The van der Waals surface area contributed by atoms with Gasteiger partial charge in [-0.25, -0.2) is 4.98 Å². The molecule has 29 heavy (non-hydrogen) atoms. The Morgan fingerprint density at radius 2 is 2.00 bits per heavy atom. The van der Waals surface area contributed by atoms with Crippen LogP contribution >= 0.6 is 11.8 Å². The van der Waals surface area contributed by atoms with E-state index in [1.54, 1.807) is 6.20 Å². The van der Waals surface area contributed by atoms with Crippen LogP contribution in [0, 0.1) is 22.7 Å². The first-order valence-corrected chi connectivity index (χ1v) is 10.00. The van der Waals surface area contributed by atoms with Crippen molar-refractivity contribution in [2.24, 2.45) is 0 Å². The minimum absolute atomic E-state index is 0.0595. The first kappa shape index (κ1) is 18.7. The molecule has 1 amide bonds. The fourth-order valence-corrected chi connectivity index (χ4v) is 3.98. The monoisotopic (exact) mass is 400 g/mol. The fraction of sp³-hybridized carbons (Fsp3) is 0.190. The van der Waals surface area contributed by atoms with E-state index in [9.17, 15) is 15.3 Å². The predicted octanol–water partition coefficient (Wildman–Crippen LogP) is 3.56. The van der Waals surface area contributed by atoms with Crippen LogP contribution in [0.15, 0.2) is 41.6 Å². The number of rotatable bonds is 5. The first-order chi connectivity index (χ1) is 14.1. The zero-order valence-corrected chi connectivity index (χ0v) is 16.2. The molecular formula is C21H16N6OS. The normalized spacial score (nSPS) is 12.9. The maximum atomic E-state index is 12.4. The van der Waals surface area contributed by atoms with Crippen LogP contribution in [0.5, 0.6) is 0 Å². The molecule has 0 spiro atoms. The highest BCUT2D eigenvalue weighted by Gasteiger charge is 2.32. The van der Waals surface area contributed by atoms with Gasteiger partial charge in [-0.1, -0.05) is 30.0 Å². The zero-order valence-electron chi connectivity index (χ0n) is 15.3. The lowest BCUT2D eigenvalue weighted by molar-refractivity contribution is -0.113. The van der Waals surface area contributed by atoms with Crippen molar-refractivity contribution in [1.82, 2.24) is 9.97 Å². The SMILES string of the molecule is N#Cc1c(N)nc(SCC(=O)Nc2cnc3ccccc3c2)c(C#N)c1C1CC1. The second-order valence-electron chi connectivity index (χ2n) is 6.72. The first-order valence-electron chi connectivity index (χ1n) is 9.01. The number of nitrogens with one attached hydrogen (secondary N) is 1. The van der Waals surface area contributed by atoms with Crippen molar-refractivity contribution in [3.05, 3.63) is 53.2 Å². The van der Waals surface area contributed by atoms with Crippen molar-refractivity contribution >= 4 is 40.1 Å². The smallest absolute Gasteiger partial charge is 0.234 e. The molecule has 0 bridgehead atoms. The number of hydrogen-bond acceptors (Lipinski definition) is 7. The van der Waals surface area contributed by atoms with Crippen LogP contribution in [0.25, 0.3) is 10.9 Å². The number of nitriles is 2. The van der Waals surface area contributed by atoms with Crippen LogP contribution < -0.4 is 11.1 Å². The van der Waals surface area contributed by atoms with Crippen molar-refractivity contribution in [3.8, 4) is 12.1 Å². The van der Waals surface area contributed by atoms with E-state index in [0.29, 0.717) is 21.8 Å². The summed E-state index contributed by atoms with van der Waals surface area (Å²) < 4.78 is 0. The Morgan fingerprint density at radius 1 is 1.24 bits per heavy atom. The topological polar surface area (TPSA) is 128 Å². The number of nitrogens with two attached hydrogens (primary N) is 1. The lowest BCUT2D eigenvalue weighted by atomic mass is 10.0. The van der Waals surface area contributed by atoms with Gasteiger partial charge in [0.15, 0.2) is 0 Å². The third-order valence-corrected chi connectivity index (χ3v) is 5.63. The van der Waals surface area contributed by atoms with Gasteiger partial charge in [-0.15, -0.1) is 0 Å². The fourth-order valence-electron chi connectivity index (χ4n) is 3.18. The van der Waals surface area contributed by atoms with Gasteiger partial charge in [-0.05, 0) is 36.5 Å². The molecule has 8 heteroatoms. The van der Waals surface area contributed by atoms with E-state index in [1.165, 1.54) is 0 Å². The molecule has 0 unspecified atom stereocenters. The maximum Gasteiger partial charge on any atom is 0.234 e. The number of thioether (sulfide) groups is 1. The minimum atomic E-state index is -0.242. The number of nitrogen functional groups attached to an aromatic ring is 1. The van der Waals surface area contributed by atoms with Crippen LogP contribution in [0.2, 0.25) is 0 Å². The molecule has 3 aromatic rings. The highest BCUT2D eigenvalue weighted by Crippen LogP contribution is 2.45. The molecule has 1 aromatic carbocycles. The summed E-state index contributed by atoms with van der Waals surface area (Å²) in [5.41, 5.74) is 8.69. The molecule has 0 radical (unpaired) electrons. The average Bonchev–Trinajstić information content (AvgIpc) is 3.56. The van der Waals surface area contributed by atoms with Gasteiger partial charge in [0.05, 0.1) is 34.3 Å². The second-order valence-corrected chi connectivity index (χ2v) is 7.68. The number of nitrogens with zero attached hydrogens (tertiary/aromatic N) is 4. The van der Waals surface area contributed by atoms with Crippen LogP contribution in [0.4, 0.5) is 11.5 Å². The molecule has 7 nitrogen and oxygen atoms in total. The molecule has 2 aromatic heterocycles. The van der Waals surface area contributed by atoms with Crippen LogP contribution in [-0.4, -0.2) is 21.6 Å². The van der Waals surface area contributed by atoms with E-state index >= 15 is 0 Å². The number of pyridine rings is 2. The number of amides is 1. The number of carbonyl (C=O) groups excluding carboxylic acids is 1. The highest BCUT2D eigenvalue weighted by atomic mass is 32.2. The summed E-state index contributed by atoms with van der Waals surface area (Å²) in [6.07, 6.45) is 3.45. The molecule has 142 valence electrons. The van der Waals surface area contributed by atoms with Gasteiger partial charge >= 0.3 is 0 Å². The summed E-state index contributed by atoms with van der Waals surface area (Å²) in [6.45, 7) is 0. The highest BCUT2D eigenvalue weighted by molar-refractivity contribution is 8.00. The average molecular weight is 400 g/mol. The summed E-state index contributed by atoms with van der Waals surface area (Å²) in [6, 6.07) is 13.7. The third kappa shape index (κ3) is 3.84. The largest absolute Gasteiger partial charge is 0.383 e. The number of benzene rings is 1. The molecule has 0 saturated heterocycles. The van der Waals surface area contributed by atoms with E-state index in [-0.39, 0.29) is 29.0 Å². The van der Waals surface area contributed by atoms with Crippen LogP contribution in [-0.2, 0) is 4.79 Å². The van der Waals surface area contributed by atoms with Gasteiger partial charge in [0.2, 0.25) is 5.91 Å². The molecule has 1 aliphatic rings. The Balaban J connectivity index is 1.52. The van der Waals surface area contributed by atoms with Crippen molar-refractivity contribution in [3.63, 3.8) is 0 Å². The lowest BCUT2D eigenvalue weighted by Crippen LogP contribution is -2.15. The van der Waals surface area contributed by atoms with E-state index in [1.807, 2.05) is 30.3 Å². The zero-order chi connectivity index (χ0) is 20.4. The Morgan fingerprint density at radius 3 is 2.72 bits per heavy atom. The summed E-state index contributed by atoms with van der Waals surface area (Å²) in [5.74, 6) is 0.0920. The van der Waals surface area contributed by atoms with Gasteiger partial charge in [0, 0.05) is 5.39 Å². The summed E-state index contributed by atoms with van der Waals surface area (Å²) in [7, 11) is 0. The number of anilines is 2. The van der Waals surface area contributed by atoms with Crippen molar-refractivity contribution in [2.45, 2.75) is 23.8 Å². The van der Waals surface area contributed by atoms with Gasteiger partial charge < -0.3 is 11.1 Å². The number of hydrogen-bond donors (Lipinski definition) is 2. The Hall–Kier alpha value is -3.62. The lowest BCUT2D eigenvalue weighted by Gasteiger charge is -2.12. The number of aromatic nitrogens is 2. The molecule has 4 rings (SSSR count). The molecule has 3 N–H and O–H groups in total. The summed E-state index contributed by atoms with van der Waals surface area (Å²) in [4.78, 5) is 20.9. The van der Waals surface area contributed by atoms with Crippen LogP contribution in [0.1, 0.15) is 35.4 Å².